The quantitative estimate of drug-likeness (QED) is 0.475. The number of rotatable bonds is 9. The zero-order valence-corrected chi connectivity index (χ0v) is 15.3. The number of hydrogen-bond acceptors (Lipinski definition) is 2. The minimum atomic E-state index is 0.576. The van der Waals surface area contributed by atoms with Crippen LogP contribution in [-0.2, 0) is 0 Å². The van der Waals surface area contributed by atoms with E-state index in [1.807, 2.05) is 12.1 Å². The van der Waals surface area contributed by atoms with Gasteiger partial charge in [0.25, 0.3) is 0 Å². The molecule has 0 bridgehead atoms. The largest absolute Gasteiger partial charge is 0.494 e. The first-order valence-electron chi connectivity index (χ1n) is 9.06. The Balaban J connectivity index is 1.88. The third-order valence-corrected chi connectivity index (χ3v) is 3.83. The maximum absolute atomic E-state index is 5.69. The molecule has 0 aliphatic rings. The van der Waals surface area contributed by atoms with Gasteiger partial charge in [-0.25, -0.2) is 0 Å². The summed E-state index contributed by atoms with van der Waals surface area (Å²) in [4.78, 5) is 0. The molecule has 0 fully saturated rings. The summed E-state index contributed by atoms with van der Waals surface area (Å²) in [5.41, 5.74) is 9.08. The molecule has 2 heteroatoms. The molecule has 0 spiro atoms. The molecule has 2 aromatic rings. The van der Waals surface area contributed by atoms with Crippen LogP contribution in [0.25, 0.3) is 18.2 Å². The highest BCUT2D eigenvalue weighted by Gasteiger charge is 1.95. The molecule has 132 valence electrons. The molecule has 0 atom stereocenters. The topological polar surface area (TPSA) is 35.2 Å². The van der Waals surface area contributed by atoms with E-state index in [2.05, 4.69) is 74.5 Å². The van der Waals surface area contributed by atoms with Gasteiger partial charge in [0.1, 0.15) is 5.75 Å². The van der Waals surface area contributed by atoms with Gasteiger partial charge in [0.15, 0.2) is 0 Å². The molecule has 0 heterocycles. The second-order valence-electron chi connectivity index (χ2n) is 6.52. The molecular weight excluding hydrogens is 306 g/mol. The second-order valence-corrected chi connectivity index (χ2v) is 6.52. The molecule has 25 heavy (non-hydrogen) atoms. The Morgan fingerprint density at radius 3 is 1.84 bits per heavy atom. The molecular formula is C23H29NO. The number of hydrogen-bond donors (Lipinski definition) is 1. The van der Waals surface area contributed by atoms with Gasteiger partial charge >= 0.3 is 0 Å². The summed E-state index contributed by atoms with van der Waals surface area (Å²) in [5.74, 6) is 1.49. The van der Waals surface area contributed by atoms with Gasteiger partial charge in [0.2, 0.25) is 0 Å². The predicted octanol–water partition coefficient (Wildman–Crippen LogP) is 5.64. The predicted molar refractivity (Wildman–Crippen MR) is 109 cm³/mol. The van der Waals surface area contributed by atoms with Crippen LogP contribution >= 0.6 is 0 Å². The molecule has 0 radical (unpaired) electrons. The Bertz CT molecular complexity index is 666. The highest BCUT2D eigenvalue weighted by molar-refractivity contribution is 5.70. The van der Waals surface area contributed by atoms with Crippen LogP contribution in [0.5, 0.6) is 5.75 Å². The van der Waals surface area contributed by atoms with E-state index in [9.17, 15) is 0 Å². The molecule has 2 aromatic carbocycles. The van der Waals surface area contributed by atoms with Crippen molar-refractivity contribution in [3.05, 3.63) is 71.3 Å². The summed E-state index contributed by atoms with van der Waals surface area (Å²) in [5, 5.41) is 0. The van der Waals surface area contributed by atoms with Crippen molar-refractivity contribution in [1.29, 1.82) is 0 Å². The molecule has 0 aliphatic carbocycles. The van der Waals surface area contributed by atoms with Gasteiger partial charge in [0, 0.05) is 0 Å². The van der Waals surface area contributed by atoms with Crippen molar-refractivity contribution < 1.29 is 4.74 Å². The van der Waals surface area contributed by atoms with E-state index in [-0.39, 0.29) is 0 Å². The van der Waals surface area contributed by atoms with Crippen molar-refractivity contribution in [3.63, 3.8) is 0 Å². The summed E-state index contributed by atoms with van der Waals surface area (Å²) in [7, 11) is 0. The van der Waals surface area contributed by atoms with Crippen LogP contribution in [0.3, 0.4) is 0 Å². The third-order valence-electron chi connectivity index (χ3n) is 3.83. The molecule has 0 saturated heterocycles. The highest BCUT2D eigenvalue weighted by Crippen LogP contribution is 2.16. The third kappa shape index (κ3) is 7.40. The van der Waals surface area contributed by atoms with E-state index in [4.69, 9.17) is 10.5 Å². The number of allylic oxidation sites excluding steroid dienone is 1. The lowest BCUT2D eigenvalue weighted by Gasteiger charge is -2.05. The second kappa shape index (κ2) is 10.5. The molecule has 0 aliphatic heterocycles. The standard InChI is InChI=1S/C23H29NO/c1-19(2)5-6-20-7-9-21(10-8-20)11-12-22-13-15-23(16-14-22)25-18-4-3-17-24/h5-16,19H,3-4,17-18,24H2,1-2H3/b6-5+,12-11+. The average molecular weight is 335 g/mol. The van der Waals surface area contributed by atoms with E-state index >= 15 is 0 Å². The summed E-state index contributed by atoms with van der Waals surface area (Å²) in [6.45, 7) is 5.82. The summed E-state index contributed by atoms with van der Waals surface area (Å²) >= 11 is 0. The van der Waals surface area contributed by atoms with Crippen LogP contribution in [0.4, 0.5) is 0 Å². The van der Waals surface area contributed by atoms with Gasteiger partial charge in [-0.1, -0.05) is 74.5 Å². The Morgan fingerprint density at radius 1 is 0.800 bits per heavy atom. The lowest BCUT2D eigenvalue weighted by molar-refractivity contribution is 0.308. The average Bonchev–Trinajstić information content (AvgIpc) is 2.63. The van der Waals surface area contributed by atoms with E-state index in [1.54, 1.807) is 0 Å². The van der Waals surface area contributed by atoms with Gasteiger partial charge in [-0.3, -0.25) is 0 Å². The zero-order chi connectivity index (χ0) is 17.9. The van der Waals surface area contributed by atoms with Crippen molar-refractivity contribution in [1.82, 2.24) is 0 Å². The van der Waals surface area contributed by atoms with Crippen LogP contribution in [0.15, 0.2) is 54.6 Å². The van der Waals surface area contributed by atoms with Crippen molar-refractivity contribution in [2.75, 3.05) is 13.2 Å². The Kier molecular flexibility index (Phi) is 8.00. The molecule has 2 N–H and O–H groups in total. The molecule has 0 saturated carbocycles. The van der Waals surface area contributed by atoms with Crippen LogP contribution in [0.2, 0.25) is 0 Å². The van der Waals surface area contributed by atoms with Crippen LogP contribution in [-0.4, -0.2) is 13.2 Å². The van der Waals surface area contributed by atoms with Crippen LogP contribution < -0.4 is 10.5 Å². The molecule has 2 nitrogen and oxygen atoms in total. The van der Waals surface area contributed by atoms with Gasteiger partial charge in [-0.05, 0) is 54.1 Å². The van der Waals surface area contributed by atoms with E-state index in [0.717, 1.165) is 37.3 Å². The van der Waals surface area contributed by atoms with E-state index < -0.39 is 0 Å². The Labute approximate surface area is 152 Å². The first kappa shape index (κ1) is 19.0. The van der Waals surface area contributed by atoms with E-state index in [0.29, 0.717) is 5.92 Å². The first-order chi connectivity index (χ1) is 12.2. The number of benzene rings is 2. The van der Waals surface area contributed by atoms with Crippen molar-refractivity contribution in [3.8, 4) is 5.75 Å². The van der Waals surface area contributed by atoms with Crippen molar-refractivity contribution in [2.24, 2.45) is 11.7 Å². The van der Waals surface area contributed by atoms with Crippen molar-refractivity contribution >= 4 is 18.2 Å². The van der Waals surface area contributed by atoms with Gasteiger partial charge in [-0.15, -0.1) is 0 Å². The SMILES string of the molecule is CC(C)/C=C/c1ccc(/C=C/c2ccc(OCCCCN)cc2)cc1. The molecule has 0 aromatic heterocycles. The van der Waals surface area contributed by atoms with Gasteiger partial charge in [0.05, 0.1) is 6.61 Å². The number of unbranched alkanes of at least 4 members (excludes halogenated alkanes) is 1. The molecule has 0 unspecified atom stereocenters. The monoisotopic (exact) mass is 335 g/mol. The maximum Gasteiger partial charge on any atom is 0.119 e. The zero-order valence-electron chi connectivity index (χ0n) is 15.3. The maximum atomic E-state index is 5.69. The number of nitrogens with two attached hydrogens (primary N) is 1. The smallest absolute Gasteiger partial charge is 0.119 e. The molecule has 2 rings (SSSR count). The normalized spacial score (nSPS) is 11.7. The highest BCUT2D eigenvalue weighted by atomic mass is 16.5. The van der Waals surface area contributed by atoms with Gasteiger partial charge < -0.3 is 10.5 Å². The fourth-order valence-corrected chi connectivity index (χ4v) is 2.33. The fourth-order valence-electron chi connectivity index (χ4n) is 2.33. The minimum absolute atomic E-state index is 0.576. The summed E-state index contributed by atoms with van der Waals surface area (Å²) in [6, 6.07) is 16.8. The van der Waals surface area contributed by atoms with Crippen LogP contribution in [0, 0.1) is 5.92 Å². The first-order valence-corrected chi connectivity index (χ1v) is 9.06. The fraction of sp³-hybridized carbons (Fsp3) is 0.304. The summed E-state index contributed by atoms with van der Waals surface area (Å²) < 4.78 is 5.69. The number of ether oxygens (including phenoxy) is 1. The molecule has 0 amide bonds. The Hall–Kier alpha value is -2.32. The lowest BCUT2D eigenvalue weighted by atomic mass is 10.1. The van der Waals surface area contributed by atoms with E-state index in [1.165, 1.54) is 11.1 Å². The van der Waals surface area contributed by atoms with Crippen LogP contribution in [0.1, 0.15) is 43.4 Å². The minimum Gasteiger partial charge on any atom is -0.494 e. The summed E-state index contributed by atoms with van der Waals surface area (Å²) in [6.07, 6.45) is 10.6. The Morgan fingerprint density at radius 2 is 1.32 bits per heavy atom. The lowest BCUT2D eigenvalue weighted by Crippen LogP contribution is -2.03. The van der Waals surface area contributed by atoms with Gasteiger partial charge in [-0.2, -0.15) is 0 Å². The van der Waals surface area contributed by atoms with Crippen molar-refractivity contribution in [2.45, 2.75) is 26.7 Å².